The zero-order valence-corrected chi connectivity index (χ0v) is 10.6. The Hall–Kier alpha value is -0.0800. The molecule has 1 aliphatic heterocycles. The highest BCUT2D eigenvalue weighted by molar-refractivity contribution is 4.77. The maximum Gasteiger partial charge on any atom is 0.135 e. The van der Waals surface area contributed by atoms with E-state index in [1.54, 1.807) is 0 Å². The van der Waals surface area contributed by atoms with Crippen LogP contribution in [0.1, 0.15) is 40.5 Å². The number of nitrogens with zero attached hydrogens (tertiary/aromatic N) is 2. The maximum atomic E-state index is 2.71. The SMILES string of the molecule is CCC(C)N1C[N@+](C)(CC)CC1CC. The van der Waals surface area contributed by atoms with Crippen molar-refractivity contribution < 1.29 is 4.48 Å². The molecule has 0 aromatic heterocycles. The second-order valence-electron chi connectivity index (χ2n) is 5.09. The summed E-state index contributed by atoms with van der Waals surface area (Å²) in [6.07, 6.45) is 2.58. The van der Waals surface area contributed by atoms with Crippen LogP contribution in [0.15, 0.2) is 0 Å². The molecule has 84 valence electrons. The standard InChI is InChI=1S/C12H27N2/c1-6-11(4)13-10-14(5,8-3)9-12(13)7-2/h11-12H,6-10H2,1-5H3/q+1/t11?,12?,14-/m1/s1. The average molecular weight is 199 g/mol. The molecule has 2 unspecified atom stereocenters. The Kier molecular flexibility index (Phi) is 3.96. The number of rotatable bonds is 4. The highest BCUT2D eigenvalue weighted by atomic mass is 15.5. The van der Waals surface area contributed by atoms with E-state index in [-0.39, 0.29) is 0 Å². The summed E-state index contributed by atoms with van der Waals surface area (Å²) in [4.78, 5) is 2.71. The first-order valence-electron chi connectivity index (χ1n) is 6.15. The average Bonchev–Trinajstić information content (AvgIpc) is 2.55. The van der Waals surface area contributed by atoms with Crippen LogP contribution < -0.4 is 0 Å². The van der Waals surface area contributed by atoms with Crippen LogP contribution in [0.5, 0.6) is 0 Å². The molecule has 1 fully saturated rings. The van der Waals surface area contributed by atoms with Gasteiger partial charge < -0.3 is 4.48 Å². The van der Waals surface area contributed by atoms with Crippen LogP contribution in [0, 0.1) is 0 Å². The summed E-state index contributed by atoms with van der Waals surface area (Å²) in [6.45, 7) is 13.2. The first-order chi connectivity index (χ1) is 6.56. The normalized spacial score (nSPS) is 36.2. The molecular weight excluding hydrogens is 172 g/mol. The minimum Gasteiger partial charge on any atom is -0.312 e. The minimum absolute atomic E-state index is 0.756. The molecule has 0 spiro atoms. The summed E-state index contributed by atoms with van der Waals surface area (Å²) in [5.74, 6) is 0. The third kappa shape index (κ3) is 2.29. The largest absolute Gasteiger partial charge is 0.312 e. The van der Waals surface area contributed by atoms with Gasteiger partial charge >= 0.3 is 0 Å². The smallest absolute Gasteiger partial charge is 0.135 e. The molecule has 14 heavy (non-hydrogen) atoms. The van der Waals surface area contributed by atoms with Crippen molar-refractivity contribution in [2.24, 2.45) is 0 Å². The fraction of sp³-hybridized carbons (Fsp3) is 1.00. The molecule has 3 atom stereocenters. The van der Waals surface area contributed by atoms with E-state index in [0.29, 0.717) is 0 Å². The monoisotopic (exact) mass is 199 g/mol. The van der Waals surface area contributed by atoms with Crippen LogP contribution in [0.3, 0.4) is 0 Å². The van der Waals surface area contributed by atoms with Gasteiger partial charge in [0, 0.05) is 6.04 Å². The molecular formula is C12H27N2+. The van der Waals surface area contributed by atoms with E-state index in [4.69, 9.17) is 0 Å². The number of likely N-dealkylation sites (N-methyl/N-ethyl adjacent to an activating group) is 1. The summed E-state index contributed by atoms with van der Waals surface area (Å²) in [7, 11) is 2.39. The van der Waals surface area contributed by atoms with E-state index in [1.807, 2.05) is 0 Å². The lowest BCUT2D eigenvalue weighted by Crippen LogP contribution is -2.44. The highest BCUT2D eigenvalue weighted by Gasteiger charge is 2.40. The minimum atomic E-state index is 0.756. The van der Waals surface area contributed by atoms with E-state index < -0.39 is 0 Å². The Balaban J connectivity index is 2.67. The summed E-state index contributed by atoms with van der Waals surface area (Å²) < 4.78 is 1.24. The molecule has 0 aromatic rings. The first kappa shape index (κ1) is 12.0. The van der Waals surface area contributed by atoms with Crippen molar-refractivity contribution >= 4 is 0 Å². The summed E-state index contributed by atoms with van der Waals surface area (Å²) >= 11 is 0. The Bertz CT molecular complexity index is 181. The molecule has 0 aromatic carbocycles. The van der Waals surface area contributed by atoms with Gasteiger partial charge in [-0.2, -0.15) is 0 Å². The van der Waals surface area contributed by atoms with Crippen molar-refractivity contribution in [3.8, 4) is 0 Å². The molecule has 1 heterocycles. The lowest BCUT2D eigenvalue weighted by atomic mass is 10.1. The molecule has 0 aliphatic carbocycles. The van der Waals surface area contributed by atoms with Gasteiger partial charge in [-0.25, -0.2) is 4.90 Å². The number of quaternary nitrogens is 1. The van der Waals surface area contributed by atoms with Gasteiger partial charge in [-0.05, 0) is 26.7 Å². The molecule has 0 bridgehead atoms. The van der Waals surface area contributed by atoms with Crippen LogP contribution in [0.4, 0.5) is 0 Å². The van der Waals surface area contributed by atoms with Gasteiger partial charge in [0.15, 0.2) is 0 Å². The van der Waals surface area contributed by atoms with Gasteiger partial charge in [0.2, 0.25) is 0 Å². The Morgan fingerprint density at radius 2 is 2.00 bits per heavy atom. The van der Waals surface area contributed by atoms with Gasteiger partial charge in [0.25, 0.3) is 0 Å². The zero-order valence-electron chi connectivity index (χ0n) is 10.6. The van der Waals surface area contributed by atoms with Crippen LogP contribution in [-0.2, 0) is 0 Å². The van der Waals surface area contributed by atoms with Gasteiger partial charge in [0.1, 0.15) is 6.67 Å². The fourth-order valence-electron chi connectivity index (χ4n) is 2.51. The molecule has 0 amide bonds. The first-order valence-corrected chi connectivity index (χ1v) is 6.15. The van der Waals surface area contributed by atoms with Gasteiger partial charge in [-0.15, -0.1) is 0 Å². The van der Waals surface area contributed by atoms with Crippen molar-refractivity contribution in [1.29, 1.82) is 0 Å². The van der Waals surface area contributed by atoms with Gasteiger partial charge in [0.05, 0.1) is 26.2 Å². The number of hydrogen-bond donors (Lipinski definition) is 0. The molecule has 1 aliphatic rings. The second kappa shape index (κ2) is 4.63. The third-order valence-corrected chi connectivity index (χ3v) is 4.02. The van der Waals surface area contributed by atoms with Crippen molar-refractivity contribution in [2.75, 3.05) is 26.8 Å². The van der Waals surface area contributed by atoms with E-state index in [2.05, 4.69) is 39.6 Å². The zero-order chi connectivity index (χ0) is 10.8. The van der Waals surface area contributed by atoms with E-state index in [9.17, 15) is 0 Å². The molecule has 1 rings (SSSR count). The fourth-order valence-corrected chi connectivity index (χ4v) is 2.51. The van der Waals surface area contributed by atoms with E-state index >= 15 is 0 Å². The van der Waals surface area contributed by atoms with Crippen molar-refractivity contribution in [3.05, 3.63) is 0 Å². The molecule has 2 nitrogen and oxygen atoms in total. The third-order valence-electron chi connectivity index (χ3n) is 4.02. The van der Waals surface area contributed by atoms with Crippen molar-refractivity contribution in [1.82, 2.24) is 4.90 Å². The van der Waals surface area contributed by atoms with Crippen LogP contribution >= 0.6 is 0 Å². The van der Waals surface area contributed by atoms with E-state index in [0.717, 1.165) is 12.1 Å². The molecule has 0 radical (unpaired) electrons. The summed E-state index contributed by atoms with van der Waals surface area (Å²) in [5.41, 5.74) is 0. The highest BCUT2D eigenvalue weighted by Crippen LogP contribution is 2.24. The molecule has 0 N–H and O–H groups in total. The van der Waals surface area contributed by atoms with E-state index in [1.165, 1.54) is 37.1 Å². The lowest BCUT2D eigenvalue weighted by Gasteiger charge is -2.29. The predicted molar refractivity (Wildman–Crippen MR) is 62.1 cm³/mol. The molecule has 1 saturated heterocycles. The Morgan fingerprint density at radius 1 is 1.36 bits per heavy atom. The molecule has 2 heteroatoms. The maximum absolute atomic E-state index is 2.71. The van der Waals surface area contributed by atoms with Crippen molar-refractivity contribution in [2.45, 2.75) is 52.6 Å². The number of hydrogen-bond acceptors (Lipinski definition) is 1. The predicted octanol–water partition coefficient (Wildman–Crippen LogP) is 2.30. The Morgan fingerprint density at radius 3 is 2.43 bits per heavy atom. The quantitative estimate of drug-likeness (QED) is 0.628. The van der Waals surface area contributed by atoms with Gasteiger partial charge in [-0.3, -0.25) is 0 Å². The Labute approximate surface area is 89.5 Å². The lowest BCUT2D eigenvalue weighted by molar-refractivity contribution is -0.901. The summed E-state index contributed by atoms with van der Waals surface area (Å²) in [6, 6.07) is 1.57. The van der Waals surface area contributed by atoms with Crippen LogP contribution in [0.2, 0.25) is 0 Å². The van der Waals surface area contributed by atoms with Crippen LogP contribution in [-0.4, -0.2) is 48.3 Å². The second-order valence-corrected chi connectivity index (χ2v) is 5.09. The van der Waals surface area contributed by atoms with Gasteiger partial charge in [-0.1, -0.05) is 13.8 Å². The van der Waals surface area contributed by atoms with Crippen molar-refractivity contribution in [3.63, 3.8) is 0 Å². The summed E-state index contributed by atoms with van der Waals surface area (Å²) in [5, 5.41) is 0. The molecule has 0 saturated carbocycles. The van der Waals surface area contributed by atoms with Crippen LogP contribution in [0.25, 0.3) is 0 Å². The topological polar surface area (TPSA) is 3.24 Å².